The highest BCUT2D eigenvalue weighted by Crippen LogP contribution is 2.33. The van der Waals surface area contributed by atoms with E-state index in [4.69, 9.17) is 4.74 Å². The Labute approximate surface area is 79.1 Å². The summed E-state index contributed by atoms with van der Waals surface area (Å²) in [5, 5.41) is 9.64. The number of carbonyl (C=O) groups is 1. The van der Waals surface area contributed by atoms with Crippen molar-refractivity contribution < 1.29 is 14.6 Å². The van der Waals surface area contributed by atoms with Gasteiger partial charge in [0.25, 0.3) is 0 Å². The van der Waals surface area contributed by atoms with Crippen LogP contribution >= 0.6 is 0 Å². The van der Waals surface area contributed by atoms with Crippen molar-refractivity contribution >= 4 is 5.97 Å². The van der Waals surface area contributed by atoms with Gasteiger partial charge in [0.2, 0.25) is 0 Å². The van der Waals surface area contributed by atoms with E-state index in [0.717, 1.165) is 19.3 Å². The summed E-state index contributed by atoms with van der Waals surface area (Å²) in [5.41, 5.74) is 0. The summed E-state index contributed by atoms with van der Waals surface area (Å²) >= 11 is 0. The lowest BCUT2D eigenvalue weighted by atomic mass is 9.92. The fourth-order valence-electron chi connectivity index (χ4n) is 2.05. The number of carbonyl (C=O) groups excluding carboxylic acids is 1. The molecule has 13 heavy (non-hydrogen) atoms. The minimum absolute atomic E-state index is 0.110. The highest BCUT2D eigenvalue weighted by atomic mass is 16.5. The zero-order valence-corrected chi connectivity index (χ0v) is 8.32. The Morgan fingerprint density at radius 1 is 1.62 bits per heavy atom. The van der Waals surface area contributed by atoms with Crippen LogP contribution in [-0.2, 0) is 9.53 Å². The van der Waals surface area contributed by atoms with Crippen molar-refractivity contribution in [3.8, 4) is 0 Å². The maximum atomic E-state index is 11.2. The molecular formula is C10H18O3. The third-order valence-electron chi connectivity index (χ3n) is 2.86. The predicted octanol–water partition coefficient (Wildman–Crippen LogP) is 1.35. The van der Waals surface area contributed by atoms with Crippen molar-refractivity contribution in [3.63, 3.8) is 0 Å². The lowest BCUT2D eigenvalue weighted by molar-refractivity contribution is -0.156. The molecule has 76 valence electrons. The first-order valence-corrected chi connectivity index (χ1v) is 5.01. The molecule has 0 aromatic rings. The van der Waals surface area contributed by atoms with Crippen molar-refractivity contribution in [3.05, 3.63) is 0 Å². The topological polar surface area (TPSA) is 46.5 Å². The van der Waals surface area contributed by atoms with Crippen molar-refractivity contribution in [2.24, 2.45) is 11.8 Å². The second-order valence-corrected chi connectivity index (χ2v) is 3.77. The average Bonchev–Trinajstić information content (AvgIpc) is 2.50. The van der Waals surface area contributed by atoms with Crippen molar-refractivity contribution in [2.75, 3.05) is 6.61 Å². The molecule has 0 heterocycles. The predicted molar refractivity (Wildman–Crippen MR) is 49.1 cm³/mol. The molecule has 3 heteroatoms. The molecule has 0 bridgehead atoms. The highest BCUT2D eigenvalue weighted by molar-refractivity contribution is 5.74. The van der Waals surface area contributed by atoms with Gasteiger partial charge >= 0.3 is 5.97 Å². The van der Waals surface area contributed by atoms with Crippen molar-refractivity contribution in [2.45, 2.75) is 39.2 Å². The first-order valence-electron chi connectivity index (χ1n) is 5.01. The van der Waals surface area contributed by atoms with E-state index in [1.165, 1.54) is 0 Å². The lowest BCUT2D eigenvalue weighted by Gasteiger charge is -2.20. The molecule has 0 amide bonds. The molecule has 0 aromatic carbocycles. The van der Waals surface area contributed by atoms with E-state index >= 15 is 0 Å². The monoisotopic (exact) mass is 186 g/mol. The molecule has 0 radical (unpaired) electrons. The SMILES string of the molecule is CCOC(=O)C(O)C1CCCC1C. The van der Waals surface area contributed by atoms with Gasteiger partial charge in [-0.25, -0.2) is 4.79 Å². The van der Waals surface area contributed by atoms with Gasteiger partial charge in [-0.1, -0.05) is 19.8 Å². The largest absolute Gasteiger partial charge is 0.464 e. The first-order chi connectivity index (χ1) is 6.16. The fourth-order valence-corrected chi connectivity index (χ4v) is 2.05. The van der Waals surface area contributed by atoms with E-state index in [-0.39, 0.29) is 5.92 Å². The molecule has 0 aromatic heterocycles. The Morgan fingerprint density at radius 3 is 2.77 bits per heavy atom. The second kappa shape index (κ2) is 4.61. The van der Waals surface area contributed by atoms with Crippen LogP contribution in [0.2, 0.25) is 0 Å². The normalized spacial score (nSPS) is 30.1. The Hall–Kier alpha value is -0.570. The number of aliphatic hydroxyl groups excluding tert-OH is 1. The smallest absolute Gasteiger partial charge is 0.335 e. The second-order valence-electron chi connectivity index (χ2n) is 3.77. The van der Waals surface area contributed by atoms with Crippen LogP contribution < -0.4 is 0 Å². The van der Waals surface area contributed by atoms with Crippen LogP contribution in [0.25, 0.3) is 0 Å². The molecule has 1 aliphatic rings. The van der Waals surface area contributed by atoms with E-state index in [0.29, 0.717) is 12.5 Å². The number of esters is 1. The Bertz CT molecular complexity index is 179. The van der Waals surface area contributed by atoms with Crippen LogP contribution in [0.3, 0.4) is 0 Å². The Kier molecular flexibility index (Phi) is 3.72. The van der Waals surface area contributed by atoms with Gasteiger partial charge in [0, 0.05) is 0 Å². The summed E-state index contributed by atoms with van der Waals surface area (Å²) in [4.78, 5) is 11.2. The quantitative estimate of drug-likeness (QED) is 0.677. The molecule has 1 N–H and O–H groups in total. The molecule has 3 atom stereocenters. The van der Waals surface area contributed by atoms with Crippen molar-refractivity contribution in [1.82, 2.24) is 0 Å². The molecule has 3 unspecified atom stereocenters. The van der Waals surface area contributed by atoms with Crippen LogP contribution in [0.15, 0.2) is 0 Å². The van der Waals surface area contributed by atoms with Crippen molar-refractivity contribution in [1.29, 1.82) is 0 Å². The number of aliphatic hydroxyl groups is 1. The lowest BCUT2D eigenvalue weighted by Crippen LogP contribution is -2.32. The van der Waals surface area contributed by atoms with Gasteiger partial charge in [0.15, 0.2) is 6.10 Å². The van der Waals surface area contributed by atoms with Crippen LogP contribution in [0.5, 0.6) is 0 Å². The van der Waals surface area contributed by atoms with E-state index in [1.54, 1.807) is 6.92 Å². The summed E-state index contributed by atoms with van der Waals surface area (Å²) < 4.78 is 4.78. The minimum Gasteiger partial charge on any atom is -0.464 e. The first kappa shape index (κ1) is 10.5. The molecular weight excluding hydrogens is 168 g/mol. The summed E-state index contributed by atoms with van der Waals surface area (Å²) in [7, 11) is 0. The van der Waals surface area contributed by atoms with Crippen LogP contribution in [0.1, 0.15) is 33.1 Å². The minimum atomic E-state index is -0.905. The third kappa shape index (κ3) is 2.44. The molecule has 0 saturated heterocycles. The van der Waals surface area contributed by atoms with Gasteiger partial charge in [0.1, 0.15) is 0 Å². The Morgan fingerprint density at radius 2 is 2.31 bits per heavy atom. The van der Waals surface area contributed by atoms with Gasteiger partial charge in [-0.15, -0.1) is 0 Å². The highest BCUT2D eigenvalue weighted by Gasteiger charge is 2.34. The maximum absolute atomic E-state index is 11.2. The van der Waals surface area contributed by atoms with Gasteiger partial charge in [-0.05, 0) is 25.2 Å². The summed E-state index contributed by atoms with van der Waals surface area (Å²) in [5.74, 6) is 0.0970. The van der Waals surface area contributed by atoms with Gasteiger partial charge in [-0.3, -0.25) is 0 Å². The summed E-state index contributed by atoms with van der Waals surface area (Å²) in [6, 6.07) is 0. The van der Waals surface area contributed by atoms with Gasteiger partial charge in [-0.2, -0.15) is 0 Å². The van der Waals surface area contributed by atoms with Crippen LogP contribution in [0.4, 0.5) is 0 Å². The summed E-state index contributed by atoms with van der Waals surface area (Å²) in [6.07, 6.45) is 2.27. The standard InChI is InChI=1S/C10H18O3/c1-3-13-10(12)9(11)8-6-4-5-7(8)2/h7-9,11H,3-6H2,1-2H3. The van der Waals surface area contributed by atoms with E-state index in [2.05, 4.69) is 6.92 Å². The van der Waals surface area contributed by atoms with Gasteiger partial charge in [0.05, 0.1) is 6.61 Å². The molecule has 0 spiro atoms. The fraction of sp³-hybridized carbons (Fsp3) is 0.900. The molecule has 3 nitrogen and oxygen atoms in total. The van der Waals surface area contributed by atoms with E-state index < -0.39 is 12.1 Å². The molecule has 1 saturated carbocycles. The third-order valence-corrected chi connectivity index (χ3v) is 2.86. The number of rotatable bonds is 3. The molecule has 1 fully saturated rings. The molecule has 1 aliphatic carbocycles. The van der Waals surface area contributed by atoms with Crippen LogP contribution in [-0.4, -0.2) is 23.8 Å². The number of hydrogen-bond acceptors (Lipinski definition) is 3. The maximum Gasteiger partial charge on any atom is 0.335 e. The average molecular weight is 186 g/mol. The molecule has 1 rings (SSSR count). The van der Waals surface area contributed by atoms with Crippen LogP contribution in [0, 0.1) is 11.8 Å². The number of hydrogen-bond donors (Lipinski definition) is 1. The van der Waals surface area contributed by atoms with E-state index in [9.17, 15) is 9.90 Å². The van der Waals surface area contributed by atoms with Gasteiger partial charge < -0.3 is 9.84 Å². The summed E-state index contributed by atoms with van der Waals surface area (Å²) in [6.45, 7) is 4.18. The number of ether oxygens (including phenoxy) is 1. The van der Waals surface area contributed by atoms with E-state index in [1.807, 2.05) is 0 Å². The molecule has 0 aliphatic heterocycles. The zero-order chi connectivity index (χ0) is 9.84. The Balaban J connectivity index is 2.45. The zero-order valence-electron chi connectivity index (χ0n) is 8.32.